The Balaban J connectivity index is 1.80. The molecular formula is C19H16N4O4. The molecule has 0 spiro atoms. The third-order valence-electron chi connectivity index (χ3n) is 3.67. The number of nitrogens with one attached hydrogen (secondary N) is 1. The average Bonchev–Trinajstić information content (AvgIpc) is 2.71. The van der Waals surface area contributed by atoms with E-state index in [-0.39, 0.29) is 24.7 Å². The topological polar surface area (TPSA) is 103 Å². The maximum Gasteiger partial charge on any atom is 0.412 e. The van der Waals surface area contributed by atoms with Gasteiger partial charge >= 0.3 is 6.09 Å². The highest BCUT2D eigenvalue weighted by molar-refractivity contribution is 5.84. The zero-order valence-corrected chi connectivity index (χ0v) is 14.2. The van der Waals surface area contributed by atoms with Crippen LogP contribution in [0.1, 0.15) is 5.56 Å². The zero-order valence-electron chi connectivity index (χ0n) is 14.2. The van der Waals surface area contributed by atoms with Crippen molar-refractivity contribution >= 4 is 18.1 Å². The van der Waals surface area contributed by atoms with Crippen LogP contribution in [-0.4, -0.2) is 26.9 Å². The summed E-state index contributed by atoms with van der Waals surface area (Å²) in [6, 6.07) is 12.6. The molecule has 0 atom stereocenters. The van der Waals surface area contributed by atoms with Crippen molar-refractivity contribution in [3.8, 4) is 11.4 Å². The van der Waals surface area contributed by atoms with Gasteiger partial charge in [-0.2, -0.15) is 0 Å². The molecule has 27 heavy (non-hydrogen) atoms. The second kappa shape index (κ2) is 8.52. The molecule has 1 aromatic carbocycles. The van der Waals surface area contributed by atoms with Crippen LogP contribution in [0.15, 0.2) is 65.8 Å². The number of aldehydes is 1. The first-order chi connectivity index (χ1) is 13.2. The Morgan fingerprint density at radius 3 is 2.67 bits per heavy atom. The molecule has 0 aliphatic rings. The average molecular weight is 364 g/mol. The van der Waals surface area contributed by atoms with Gasteiger partial charge in [-0.15, -0.1) is 0 Å². The van der Waals surface area contributed by atoms with Crippen molar-refractivity contribution in [2.75, 3.05) is 5.32 Å². The fraction of sp³-hybridized carbons (Fsp3) is 0.105. The molecule has 2 aromatic heterocycles. The number of rotatable bonds is 6. The molecule has 0 aliphatic carbocycles. The van der Waals surface area contributed by atoms with E-state index >= 15 is 0 Å². The molecule has 136 valence electrons. The molecule has 0 radical (unpaired) electrons. The molecule has 2 heterocycles. The van der Waals surface area contributed by atoms with Gasteiger partial charge in [0.1, 0.15) is 24.4 Å². The smallest absolute Gasteiger partial charge is 0.412 e. The lowest BCUT2D eigenvalue weighted by molar-refractivity contribution is -0.108. The van der Waals surface area contributed by atoms with E-state index in [9.17, 15) is 14.4 Å². The van der Waals surface area contributed by atoms with Crippen LogP contribution in [0.3, 0.4) is 0 Å². The van der Waals surface area contributed by atoms with Crippen LogP contribution in [-0.2, 0) is 22.7 Å². The molecule has 0 fully saturated rings. The number of benzene rings is 1. The minimum Gasteiger partial charge on any atom is -0.444 e. The van der Waals surface area contributed by atoms with Crippen LogP contribution in [0.25, 0.3) is 11.4 Å². The van der Waals surface area contributed by atoms with E-state index in [4.69, 9.17) is 4.74 Å². The maximum absolute atomic E-state index is 12.6. The van der Waals surface area contributed by atoms with Gasteiger partial charge in [-0.05, 0) is 17.7 Å². The largest absolute Gasteiger partial charge is 0.444 e. The highest BCUT2D eigenvalue weighted by Gasteiger charge is 2.14. The van der Waals surface area contributed by atoms with Gasteiger partial charge in [0.15, 0.2) is 0 Å². The maximum atomic E-state index is 12.6. The first-order valence-electron chi connectivity index (χ1n) is 8.10. The molecule has 0 bridgehead atoms. The number of nitrogens with zero attached hydrogens (tertiary/aromatic N) is 3. The van der Waals surface area contributed by atoms with Crippen molar-refractivity contribution < 1.29 is 14.3 Å². The minimum absolute atomic E-state index is 0.0659. The molecule has 1 amide bonds. The molecule has 8 nitrogen and oxygen atoms in total. The van der Waals surface area contributed by atoms with Crippen LogP contribution < -0.4 is 10.9 Å². The summed E-state index contributed by atoms with van der Waals surface area (Å²) in [7, 11) is 0. The van der Waals surface area contributed by atoms with Gasteiger partial charge in [0, 0.05) is 18.0 Å². The van der Waals surface area contributed by atoms with Gasteiger partial charge in [-0.25, -0.2) is 9.78 Å². The van der Waals surface area contributed by atoms with E-state index in [0.717, 1.165) is 10.1 Å². The minimum atomic E-state index is -0.787. The van der Waals surface area contributed by atoms with Crippen molar-refractivity contribution in [2.24, 2.45) is 0 Å². The first-order valence-corrected chi connectivity index (χ1v) is 8.10. The normalized spacial score (nSPS) is 10.2. The van der Waals surface area contributed by atoms with Crippen LogP contribution in [0.4, 0.5) is 10.5 Å². The number of pyridine rings is 1. The SMILES string of the molecule is O=CCn1c(-c2cccnc2)ncc(NC(=O)OCc2ccccc2)c1=O. The zero-order chi connectivity index (χ0) is 19.1. The van der Waals surface area contributed by atoms with E-state index in [1.54, 1.807) is 18.3 Å². The number of hydrogen-bond acceptors (Lipinski definition) is 6. The summed E-state index contributed by atoms with van der Waals surface area (Å²) in [6.07, 6.45) is 4.15. The molecule has 0 saturated carbocycles. The van der Waals surface area contributed by atoms with E-state index < -0.39 is 11.7 Å². The quantitative estimate of drug-likeness (QED) is 0.673. The lowest BCUT2D eigenvalue weighted by atomic mass is 10.2. The molecule has 0 saturated heterocycles. The predicted molar refractivity (Wildman–Crippen MR) is 98.0 cm³/mol. The number of carbonyl (C=O) groups excluding carboxylic acids is 2. The third kappa shape index (κ3) is 4.43. The van der Waals surface area contributed by atoms with Crippen LogP contribution in [0.2, 0.25) is 0 Å². The van der Waals surface area contributed by atoms with Crippen molar-refractivity contribution in [3.63, 3.8) is 0 Å². The number of hydrogen-bond donors (Lipinski definition) is 1. The second-order valence-electron chi connectivity index (χ2n) is 5.51. The highest BCUT2D eigenvalue weighted by Crippen LogP contribution is 2.15. The monoisotopic (exact) mass is 364 g/mol. The number of anilines is 1. The van der Waals surface area contributed by atoms with Crippen LogP contribution in [0, 0.1) is 0 Å². The van der Waals surface area contributed by atoms with E-state index in [1.807, 2.05) is 30.3 Å². The van der Waals surface area contributed by atoms with Crippen molar-refractivity contribution in [1.29, 1.82) is 0 Å². The number of ether oxygens (including phenoxy) is 1. The Labute approximate surface area is 154 Å². The van der Waals surface area contributed by atoms with Gasteiger partial charge in [0.25, 0.3) is 5.56 Å². The number of carbonyl (C=O) groups is 2. The molecular weight excluding hydrogens is 348 g/mol. The van der Waals surface area contributed by atoms with Gasteiger partial charge < -0.3 is 9.53 Å². The lowest BCUT2D eigenvalue weighted by Crippen LogP contribution is -2.28. The Bertz CT molecular complexity index is 988. The summed E-state index contributed by atoms with van der Waals surface area (Å²) in [6.45, 7) is -0.138. The summed E-state index contributed by atoms with van der Waals surface area (Å²) in [4.78, 5) is 43.8. The Hall–Kier alpha value is -3.81. The standard InChI is InChI=1S/C19H16N4O4/c24-10-9-23-17(15-7-4-8-20-11-15)21-12-16(18(23)25)22-19(26)27-13-14-5-2-1-3-6-14/h1-8,10-12H,9,13H2,(H,22,26). The molecule has 0 aliphatic heterocycles. The number of aromatic nitrogens is 3. The fourth-order valence-electron chi connectivity index (χ4n) is 2.42. The lowest BCUT2D eigenvalue weighted by Gasteiger charge is -2.12. The van der Waals surface area contributed by atoms with Gasteiger partial charge in [-0.3, -0.25) is 19.7 Å². The van der Waals surface area contributed by atoms with Crippen molar-refractivity contribution in [1.82, 2.24) is 14.5 Å². The summed E-state index contributed by atoms with van der Waals surface area (Å²) in [5, 5.41) is 2.37. The Kier molecular flexibility index (Phi) is 5.68. The van der Waals surface area contributed by atoms with Crippen LogP contribution in [0.5, 0.6) is 0 Å². The van der Waals surface area contributed by atoms with E-state index in [1.165, 1.54) is 12.4 Å². The summed E-state index contributed by atoms with van der Waals surface area (Å²) in [5.41, 5.74) is 0.751. The van der Waals surface area contributed by atoms with Gasteiger partial charge in [0.2, 0.25) is 0 Å². The number of amides is 1. The van der Waals surface area contributed by atoms with E-state index in [0.29, 0.717) is 11.8 Å². The molecule has 3 rings (SSSR count). The van der Waals surface area contributed by atoms with Crippen LogP contribution >= 0.6 is 0 Å². The highest BCUT2D eigenvalue weighted by atomic mass is 16.5. The molecule has 3 aromatic rings. The van der Waals surface area contributed by atoms with Gasteiger partial charge in [-0.1, -0.05) is 30.3 Å². The summed E-state index contributed by atoms with van der Waals surface area (Å²) < 4.78 is 6.26. The molecule has 1 N–H and O–H groups in total. The predicted octanol–water partition coefficient (Wildman–Crippen LogP) is 2.25. The first kappa shape index (κ1) is 18.0. The Morgan fingerprint density at radius 1 is 1.15 bits per heavy atom. The summed E-state index contributed by atoms with van der Waals surface area (Å²) >= 11 is 0. The molecule has 8 heteroatoms. The summed E-state index contributed by atoms with van der Waals surface area (Å²) in [5.74, 6) is 0.281. The second-order valence-corrected chi connectivity index (χ2v) is 5.51. The molecule has 0 unspecified atom stereocenters. The third-order valence-corrected chi connectivity index (χ3v) is 3.67. The van der Waals surface area contributed by atoms with Crippen molar-refractivity contribution in [2.45, 2.75) is 13.2 Å². The van der Waals surface area contributed by atoms with E-state index in [2.05, 4.69) is 15.3 Å². The Morgan fingerprint density at radius 2 is 1.96 bits per heavy atom. The van der Waals surface area contributed by atoms with Crippen molar-refractivity contribution in [3.05, 3.63) is 77.0 Å². The van der Waals surface area contributed by atoms with Gasteiger partial charge in [0.05, 0.1) is 12.7 Å². The fourth-order valence-corrected chi connectivity index (χ4v) is 2.42.